The maximum absolute atomic E-state index is 12.8. The van der Waals surface area contributed by atoms with Gasteiger partial charge in [0.2, 0.25) is 0 Å². The van der Waals surface area contributed by atoms with Crippen molar-refractivity contribution in [1.29, 1.82) is 0 Å². The molecule has 2 aliphatic heterocycles. The summed E-state index contributed by atoms with van der Waals surface area (Å²) in [6.45, 7) is 6.09. The molecule has 0 radical (unpaired) electrons. The third-order valence-corrected chi connectivity index (χ3v) is 7.06. The van der Waals surface area contributed by atoms with Gasteiger partial charge in [0.25, 0.3) is 15.9 Å². The second-order valence-electron chi connectivity index (χ2n) is 8.08. The first-order chi connectivity index (χ1) is 15.4. The summed E-state index contributed by atoms with van der Waals surface area (Å²) in [4.78, 5) is 15.1. The molecule has 9 heteroatoms. The van der Waals surface area contributed by atoms with Gasteiger partial charge in [-0.25, -0.2) is 8.42 Å². The standard InChI is InChI=1S/C23H29N3O5S/c1-2-11-26-12-9-18(10-13-26)24-23(27)17-3-5-19(6-4-17)25-32(28,29)20-7-8-21-22(16-20)31-15-14-30-21/h3-8,16,18,25H,2,9-15H2,1H3,(H,24,27). The summed E-state index contributed by atoms with van der Waals surface area (Å²) < 4.78 is 38.9. The first-order valence-corrected chi connectivity index (χ1v) is 12.5. The molecule has 172 valence electrons. The zero-order valence-corrected chi connectivity index (χ0v) is 19.0. The molecule has 0 aliphatic carbocycles. The van der Waals surface area contributed by atoms with Gasteiger partial charge in [-0.15, -0.1) is 0 Å². The minimum absolute atomic E-state index is 0.0815. The van der Waals surface area contributed by atoms with E-state index in [1.165, 1.54) is 12.1 Å². The first-order valence-electron chi connectivity index (χ1n) is 11.0. The van der Waals surface area contributed by atoms with Crippen molar-refractivity contribution in [1.82, 2.24) is 10.2 Å². The van der Waals surface area contributed by atoms with E-state index in [1.54, 1.807) is 30.3 Å². The van der Waals surface area contributed by atoms with Gasteiger partial charge in [0.15, 0.2) is 11.5 Å². The molecule has 4 rings (SSSR count). The molecule has 0 saturated carbocycles. The summed E-state index contributed by atoms with van der Waals surface area (Å²) in [6.07, 6.45) is 3.03. The zero-order chi connectivity index (χ0) is 22.6. The largest absolute Gasteiger partial charge is 0.486 e. The molecule has 1 amide bonds. The van der Waals surface area contributed by atoms with Crippen molar-refractivity contribution < 1.29 is 22.7 Å². The Morgan fingerprint density at radius 1 is 1.03 bits per heavy atom. The summed E-state index contributed by atoms with van der Waals surface area (Å²) in [6, 6.07) is 11.1. The highest BCUT2D eigenvalue weighted by Crippen LogP contribution is 2.32. The van der Waals surface area contributed by atoms with Crippen LogP contribution in [0.1, 0.15) is 36.5 Å². The molecule has 0 unspecified atom stereocenters. The van der Waals surface area contributed by atoms with E-state index in [1.807, 2.05) is 0 Å². The third-order valence-electron chi connectivity index (χ3n) is 5.69. The van der Waals surface area contributed by atoms with Gasteiger partial charge < -0.3 is 19.7 Å². The van der Waals surface area contributed by atoms with Gasteiger partial charge in [0, 0.05) is 36.4 Å². The molecule has 2 aromatic carbocycles. The summed E-state index contributed by atoms with van der Waals surface area (Å²) in [5.41, 5.74) is 0.882. The lowest BCUT2D eigenvalue weighted by atomic mass is 10.0. The summed E-state index contributed by atoms with van der Waals surface area (Å²) in [5, 5.41) is 3.09. The van der Waals surface area contributed by atoms with E-state index in [0.29, 0.717) is 36.0 Å². The SMILES string of the molecule is CCCN1CCC(NC(=O)c2ccc(NS(=O)(=O)c3ccc4c(c3)OCCO4)cc2)CC1. The highest BCUT2D eigenvalue weighted by Gasteiger charge is 2.22. The van der Waals surface area contributed by atoms with Crippen LogP contribution < -0.4 is 19.5 Å². The number of nitrogens with one attached hydrogen (secondary N) is 2. The molecule has 2 N–H and O–H groups in total. The van der Waals surface area contributed by atoms with E-state index in [2.05, 4.69) is 21.9 Å². The van der Waals surface area contributed by atoms with Gasteiger partial charge in [-0.05, 0) is 62.2 Å². The van der Waals surface area contributed by atoms with Gasteiger partial charge in [0.05, 0.1) is 4.90 Å². The van der Waals surface area contributed by atoms with Crippen molar-refractivity contribution in [3.63, 3.8) is 0 Å². The molecule has 0 bridgehead atoms. The number of likely N-dealkylation sites (tertiary alicyclic amines) is 1. The van der Waals surface area contributed by atoms with E-state index in [9.17, 15) is 13.2 Å². The van der Waals surface area contributed by atoms with E-state index < -0.39 is 10.0 Å². The summed E-state index contributed by atoms with van der Waals surface area (Å²) >= 11 is 0. The number of fused-ring (bicyclic) bond motifs is 1. The van der Waals surface area contributed by atoms with Crippen LogP contribution in [0, 0.1) is 0 Å². The molecule has 8 nitrogen and oxygen atoms in total. The smallest absolute Gasteiger partial charge is 0.262 e. The average molecular weight is 460 g/mol. The summed E-state index contributed by atoms with van der Waals surface area (Å²) in [5.74, 6) is 0.799. The number of hydrogen-bond acceptors (Lipinski definition) is 6. The molecule has 0 aromatic heterocycles. The molecule has 1 fully saturated rings. The predicted molar refractivity (Wildman–Crippen MR) is 122 cm³/mol. The quantitative estimate of drug-likeness (QED) is 0.661. The lowest BCUT2D eigenvalue weighted by Crippen LogP contribution is -2.44. The Morgan fingerprint density at radius 2 is 1.72 bits per heavy atom. The fourth-order valence-corrected chi connectivity index (χ4v) is 5.05. The maximum atomic E-state index is 12.8. The molecular formula is C23H29N3O5S. The van der Waals surface area contributed by atoms with Gasteiger partial charge in [-0.2, -0.15) is 0 Å². The molecule has 2 aromatic rings. The number of hydrogen-bond donors (Lipinski definition) is 2. The maximum Gasteiger partial charge on any atom is 0.262 e. The Kier molecular flexibility index (Phi) is 6.86. The van der Waals surface area contributed by atoms with E-state index in [-0.39, 0.29) is 16.8 Å². The second-order valence-corrected chi connectivity index (χ2v) is 9.76. The Morgan fingerprint density at radius 3 is 2.41 bits per heavy atom. The molecule has 0 atom stereocenters. The Labute approximate surface area is 189 Å². The van der Waals surface area contributed by atoms with Crippen molar-refractivity contribution >= 4 is 21.6 Å². The fourth-order valence-electron chi connectivity index (χ4n) is 3.98. The number of sulfonamides is 1. The number of ether oxygens (including phenoxy) is 2. The van der Waals surface area contributed by atoms with Crippen molar-refractivity contribution in [2.75, 3.05) is 37.6 Å². The second kappa shape index (κ2) is 9.79. The highest BCUT2D eigenvalue weighted by molar-refractivity contribution is 7.92. The van der Waals surface area contributed by atoms with E-state index in [0.717, 1.165) is 38.9 Å². The van der Waals surface area contributed by atoms with Crippen LogP contribution in [0.4, 0.5) is 5.69 Å². The fraction of sp³-hybridized carbons (Fsp3) is 0.435. The number of carbonyl (C=O) groups excluding carboxylic acids is 1. The number of carbonyl (C=O) groups is 1. The van der Waals surface area contributed by atoms with Crippen LogP contribution in [-0.4, -0.2) is 58.1 Å². The molecule has 0 spiro atoms. The van der Waals surface area contributed by atoms with Gasteiger partial charge in [0.1, 0.15) is 13.2 Å². The molecule has 32 heavy (non-hydrogen) atoms. The van der Waals surface area contributed by atoms with Gasteiger partial charge in [-0.3, -0.25) is 9.52 Å². The number of nitrogens with zero attached hydrogens (tertiary/aromatic N) is 1. The Hall–Kier alpha value is -2.78. The number of piperidine rings is 1. The predicted octanol–water partition coefficient (Wildman–Crippen LogP) is 2.86. The average Bonchev–Trinajstić information content (AvgIpc) is 2.80. The topological polar surface area (TPSA) is 97.0 Å². The minimum Gasteiger partial charge on any atom is -0.486 e. The van der Waals surface area contributed by atoms with Crippen LogP contribution in [0.5, 0.6) is 11.5 Å². The molecule has 2 aliphatic rings. The summed E-state index contributed by atoms with van der Waals surface area (Å²) in [7, 11) is -3.80. The van der Waals surface area contributed by atoms with Crippen LogP contribution in [0.25, 0.3) is 0 Å². The van der Waals surface area contributed by atoms with E-state index >= 15 is 0 Å². The lowest BCUT2D eigenvalue weighted by Gasteiger charge is -2.32. The van der Waals surface area contributed by atoms with Crippen LogP contribution >= 0.6 is 0 Å². The normalized spacial score (nSPS) is 17.0. The number of benzene rings is 2. The molecule has 1 saturated heterocycles. The monoisotopic (exact) mass is 459 g/mol. The molecule has 2 heterocycles. The Balaban J connectivity index is 1.35. The lowest BCUT2D eigenvalue weighted by molar-refractivity contribution is 0.0911. The highest BCUT2D eigenvalue weighted by atomic mass is 32.2. The van der Waals surface area contributed by atoms with Crippen LogP contribution in [0.15, 0.2) is 47.4 Å². The van der Waals surface area contributed by atoms with Crippen LogP contribution in [0.3, 0.4) is 0 Å². The number of amides is 1. The van der Waals surface area contributed by atoms with Crippen molar-refractivity contribution in [3.8, 4) is 11.5 Å². The Bertz CT molecular complexity index is 1050. The van der Waals surface area contributed by atoms with Gasteiger partial charge in [-0.1, -0.05) is 6.92 Å². The van der Waals surface area contributed by atoms with Crippen molar-refractivity contribution in [2.45, 2.75) is 37.1 Å². The van der Waals surface area contributed by atoms with Gasteiger partial charge >= 0.3 is 0 Å². The number of rotatable bonds is 7. The first kappa shape index (κ1) is 22.4. The van der Waals surface area contributed by atoms with Crippen molar-refractivity contribution in [3.05, 3.63) is 48.0 Å². The van der Waals surface area contributed by atoms with Crippen LogP contribution in [-0.2, 0) is 10.0 Å². The third kappa shape index (κ3) is 5.34. The minimum atomic E-state index is -3.80. The molecular weight excluding hydrogens is 430 g/mol. The number of anilines is 1. The zero-order valence-electron chi connectivity index (χ0n) is 18.2. The van der Waals surface area contributed by atoms with Crippen LogP contribution in [0.2, 0.25) is 0 Å². The van der Waals surface area contributed by atoms with E-state index in [4.69, 9.17) is 9.47 Å². The van der Waals surface area contributed by atoms with Crippen molar-refractivity contribution in [2.24, 2.45) is 0 Å².